The first-order chi connectivity index (χ1) is 9.69. The maximum absolute atomic E-state index is 3.64. The van der Waals surface area contributed by atoms with Gasteiger partial charge in [-0.2, -0.15) is 0 Å². The zero-order chi connectivity index (χ0) is 14.4. The molecule has 2 heteroatoms. The van der Waals surface area contributed by atoms with Crippen molar-refractivity contribution in [3.05, 3.63) is 35.9 Å². The summed E-state index contributed by atoms with van der Waals surface area (Å²) in [5.74, 6) is 0. The van der Waals surface area contributed by atoms with Crippen LogP contribution in [0.5, 0.6) is 0 Å². The van der Waals surface area contributed by atoms with E-state index >= 15 is 0 Å². The number of hydrogen-bond acceptors (Lipinski definition) is 2. The summed E-state index contributed by atoms with van der Waals surface area (Å²) in [5, 5.41) is 3.64. The summed E-state index contributed by atoms with van der Waals surface area (Å²) in [6, 6.07) is 11.9. The maximum Gasteiger partial charge on any atom is 0.0177 e. The van der Waals surface area contributed by atoms with Crippen LogP contribution in [0, 0.1) is 0 Å². The molecule has 1 N–H and O–H groups in total. The Labute approximate surface area is 124 Å². The summed E-state index contributed by atoms with van der Waals surface area (Å²) in [5.41, 5.74) is 1.66. The molecule has 1 atom stereocenters. The Morgan fingerprint density at radius 1 is 1.20 bits per heavy atom. The Morgan fingerprint density at radius 2 is 1.90 bits per heavy atom. The summed E-state index contributed by atoms with van der Waals surface area (Å²) < 4.78 is 0. The molecule has 1 aromatic rings. The molecule has 2 nitrogen and oxygen atoms in total. The van der Waals surface area contributed by atoms with Crippen molar-refractivity contribution in [1.29, 1.82) is 0 Å². The second-order valence-corrected chi connectivity index (χ2v) is 6.40. The minimum atomic E-state index is 0.203. The van der Waals surface area contributed by atoms with E-state index < -0.39 is 0 Å². The number of nitrogens with zero attached hydrogens (tertiary/aromatic N) is 1. The zero-order valence-electron chi connectivity index (χ0n) is 13.4. The third-order valence-corrected chi connectivity index (χ3v) is 4.43. The number of hydrogen-bond donors (Lipinski definition) is 1. The van der Waals surface area contributed by atoms with Gasteiger partial charge in [-0.05, 0) is 37.9 Å². The van der Waals surface area contributed by atoms with Crippen LogP contribution in [0.2, 0.25) is 0 Å². The minimum Gasteiger partial charge on any atom is -0.316 e. The minimum absolute atomic E-state index is 0.203. The van der Waals surface area contributed by atoms with Crippen molar-refractivity contribution in [3.8, 4) is 0 Å². The molecule has 0 spiro atoms. The summed E-state index contributed by atoms with van der Waals surface area (Å²) in [7, 11) is 0. The predicted molar refractivity (Wildman–Crippen MR) is 87.2 cm³/mol. The van der Waals surface area contributed by atoms with Gasteiger partial charge < -0.3 is 5.32 Å². The normalized spacial score (nSPS) is 18.2. The highest BCUT2D eigenvalue weighted by atomic mass is 15.2. The first-order valence-corrected chi connectivity index (χ1v) is 8.20. The van der Waals surface area contributed by atoms with Crippen molar-refractivity contribution in [2.75, 3.05) is 26.2 Å². The van der Waals surface area contributed by atoms with E-state index in [0.29, 0.717) is 0 Å². The molecule has 0 heterocycles. The van der Waals surface area contributed by atoms with Crippen molar-refractivity contribution in [1.82, 2.24) is 10.2 Å². The van der Waals surface area contributed by atoms with E-state index in [-0.39, 0.29) is 5.41 Å². The first kappa shape index (κ1) is 15.5. The first-order valence-electron chi connectivity index (χ1n) is 8.20. The largest absolute Gasteiger partial charge is 0.316 e. The van der Waals surface area contributed by atoms with E-state index in [1.165, 1.54) is 31.4 Å². The molecule has 20 heavy (non-hydrogen) atoms. The van der Waals surface area contributed by atoms with Gasteiger partial charge in [0, 0.05) is 24.5 Å². The lowest BCUT2D eigenvalue weighted by atomic mass is 9.81. The Bertz CT molecular complexity index is 386. The molecule has 1 aromatic carbocycles. The van der Waals surface area contributed by atoms with Gasteiger partial charge in [-0.1, -0.05) is 51.1 Å². The van der Waals surface area contributed by atoms with Gasteiger partial charge in [-0.25, -0.2) is 0 Å². The SMILES string of the molecule is CCCNCC(C)(CN(CC)C1CC1)c1ccccc1. The van der Waals surface area contributed by atoms with E-state index in [0.717, 1.165) is 25.7 Å². The molecule has 2 rings (SSSR count). The molecule has 0 amide bonds. The van der Waals surface area contributed by atoms with Crippen LogP contribution in [-0.2, 0) is 5.41 Å². The van der Waals surface area contributed by atoms with Crippen molar-refractivity contribution in [2.45, 2.75) is 51.5 Å². The van der Waals surface area contributed by atoms with E-state index in [1.54, 1.807) is 0 Å². The maximum atomic E-state index is 3.64. The Balaban J connectivity index is 2.09. The van der Waals surface area contributed by atoms with Gasteiger partial charge in [0.05, 0.1) is 0 Å². The van der Waals surface area contributed by atoms with Gasteiger partial charge in [0.15, 0.2) is 0 Å². The second kappa shape index (κ2) is 7.24. The van der Waals surface area contributed by atoms with Crippen LogP contribution in [0.3, 0.4) is 0 Å². The lowest BCUT2D eigenvalue weighted by molar-refractivity contribution is 0.211. The Morgan fingerprint density at radius 3 is 2.45 bits per heavy atom. The van der Waals surface area contributed by atoms with Crippen LogP contribution in [0.15, 0.2) is 30.3 Å². The number of benzene rings is 1. The fourth-order valence-electron chi connectivity index (χ4n) is 3.02. The highest BCUT2D eigenvalue weighted by molar-refractivity contribution is 5.26. The lowest BCUT2D eigenvalue weighted by Crippen LogP contribution is -2.46. The fraction of sp³-hybridized carbons (Fsp3) is 0.667. The highest BCUT2D eigenvalue weighted by Crippen LogP contribution is 2.31. The molecule has 0 aromatic heterocycles. The summed E-state index contributed by atoms with van der Waals surface area (Å²) in [6.07, 6.45) is 3.98. The average Bonchev–Trinajstić information content (AvgIpc) is 3.31. The van der Waals surface area contributed by atoms with Gasteiger partial charge >= 0.3 is 0 Å². The third-order valence-electron chi connectivity index (χ3n) is 4.43. The van der Waals surface area contributed by atoms with E-state index in [9.17, 15) is 0 Å². The number of nitrogens with one attached hydrogen (secondary N) is 1. The quantitative estimate of drug-likeness (QED) is 0.694. The lowest BCUT2D eigenvalue weighted by Gasteiger charge is -2.36. The van der Waals surface area contributed by atoms with E-state index in [1.807, 2.05) is 0 Å². The fourth-order valence-corrected chi connectivity index (χ4v) is 3.02. The molecule has 1 unspecified atom stereocenters. The number of rotatable bonds is 9. The predicted octanol–water partition coefficient (Wildman–Crippen LogP) is 3.43. The molecular formula is C18H30N2. The van der Waals surface area contributed by atoms with Crippen molar-refractivity contribution in [3.63, 3.8) is 0 Å². The topological polar surface area (TPSA) is 15.3 Å². The van der Waals surface area contributed by atoms with Crippen molar-refractivity contribution >= 4 is 0 Å². The van der Waals surface area contributed by atoms with Gasteiger partial charge in [0.25, 0.3) is 0 Å². The molecule has 0 radical (unpaired) electrons. The summed E-state index contributed by atoms with van der Waals surface area (Å²) >= 11 is 0. The molecular weight excluding hydrogens is 244 g/mol. The third kappa shape index (κ3) is 4.07. The van der Waals surface area contributed by atoms with E-state index in [4.69, 9.17) is 0 Å². The molecule has 0 bridgehead atoms. The van der Waals surface area contributed by atoms with Gasteiger partial charge in [0.2, 0.25) is 0 Å². The molecule has 1 saturated carbocycles. The molecule has 0 aliphatic heterocycles. The van der Waals surface area contributed by atoms with E-state index in [2.05, 4.69) is 61.3 Å². The van der Waals surface area contributed by atoms with Crippen LogP contribution >= 0.6 is 0 Å². The highest BCUT2D eigenvalue weighted by Gasteiger charge is 2.34. The van der Waals surface area contributed by atoms with Crippen LogP contribution < -0.4 is 5.32 Å². The van der Waals surface area contributed by atoms with Crippen molar-refractivity contribution in [2.24, 2.45) is 0 Å². The van der Waals surface area contributed by atoms with Gasteiger partial charge in [-0.3, -0.25) is 4.90 Å². The zero-order valence-corrected chi connectivity index (χ0v) is 13.4. The van der Waals surface area contributed by atoms with Crippen molar-refractivity contribution < 1.29 is 0 Å². The Hall–Kier alpha value is -0.860. The van der Waals surface area contributed by atoms with Gasteiger partial charge in [-0.15, -0.1) is 0 Å². The molecule has 1 fully saturated rings. The smallest absolute Gasteiger partial charge is 0.0177 e. The molecule has 1 aliphatic rings. The van der Waals surface area contributed by atoms with Crippen LogP contribution in [-0.4, -0.2) is 37.1 Å². The average molecular weight is 274 g/mol. The monoisotopic (exact) mass is 274 g/mol. The molecule has 0 saturated heterocycles. The molecule has 1 aliphatic carbocycles. The second-order valence-electron chi connectivity index (χ2n) is 6.40. The molecule has 112 valence electrons. The summed E-state index contributed by atoms with van der Waals surface area (Å²) in [6.45, 7) is 11.4. The number of likely N-dealkylation sites (N-methyl/N-ethyl adjacent to an activating group) is 1. The van der Waals surface area contributed by atoms with Gasteiger partial charge in [0.1, 0.15) is 0 Å². The standard InChI is InChI=1S/C18H30N2/c1-4-13-19-14-18(3,16-9-7-6-8-10-16)15-20(5-2)17-11-12-17/h6-10,17,19H,4-5,11-15H2,1-3H3. The van der Waals surface area contributed by atoms with Crippen LogP contribution in [0.25, 0.3) is 0 Å². The Kier molecular flexibility index (Phi) is 5.62. The summed E-state index contributed by atoms with van der Waals surface area (Å²) in [4.78, 5) is 2.67. The van der Waals surface area contributed by atoms with Crippen LogP contribution in [0.4, 0.5) is 0 Å². The van der Waals surface area contributed by atoms with Crippen LogP contribution in [0.1, 0.15) is 45.6 Å².